The van der Waals surface area contributed by atoms with Crippen molar-refractivity contribution in [2.24, 2.45) is 5.92 Å². The molecule has 1 fully saturated rings. The molecule has 1 saturated heterocycles. The third kappa shape index (κ3) is 4.57. The molecular formula is C19H20F3N3O2. The minimum Gasteiger partial charge on any atom is -0.387 e. The first-order valence-electron chi connectivity index (χ1n) is 8.67. The second-order valence-electron chi connectivity index (χ2n) is 6.50. The molecule has 0 bridgehead atoms. The van der Waals surface area contributed by atoms with Gasteiger partial charge in [0.05, 0.1) is 23.0 Å². The summed E-state index contributed by atoms with van der Waals surface area (Å²) in [5.74, 6) is -0.0496. The van der Waals surface area contributed by atoms with Crippen LogP contribution in [0.5, 0.6) is 0 Å². The summed E-state index contributed by atoms with van der Waals surface area (Å²) in [6.45, 7) is 0.711. The Labute approximate surface area is 154 Å². The number of benzene rings is 1. The van der Waals surface area contributed by atoms with Crippen molar-refractivity contribution in [3.63, 3.8) is 0 Å². The van der Waals surface area contributed by atoms with Crippen LogP contribution in [0.4, 0.5) is 23.7 Å². The SMILES string of the molecule is O=C(Nc1ccccc1C(F)(F)F)N1CCC([C@H](O)c2ccccn2)CC1. The minimum atomic E-state index is -4.54. The van der Waals surface area contributed by atoms with Gasteiger partial charge >= 0.3 is 12.2 Å². The van der Waals surface area contributed by atoms with E-state index >= 15 is 0 Å². The van der Waals surface area contributed by atoms with Crippen molar-refractivity contribution in [3.8, 4) is 0 Å². The first-order chi connectivity index (χ1) is 12.9. The van der Waals surface area contributed by atoms with Crippen LogP contribution in [-0.2, 0) is 6.18 Å². The average molecular weight is 379 g/mol. The van der Waals surface area contributed by atoms with Crippen LogP contribution < -0.4 is 5.32 Å². The molecule has 1 atom stereocenters. The number of aliphatic hydroxyl groups is 1. The third-order valence-corrected chi connectivity index (χ3v) is 4.74. The number of pyridine rings is 1. The van der Waals surface area contributed by atoms with Gasteiger partial charge < -0.3 is 15.3 Å². The summed E-state index contributed by atoms with van der Waals surface area (Å²) < 4.78 is 39.1. The Bertz CT molecular complexity index is 775. The molecule has 144 valence electrons. The highest BCUT2D eigenvalue weighted by molar-refractivity contribution is 5.90. The fourth-order valence-electron chi connectivity index (χ4n) is 3.24. The monoisotopic (exact) mass is 379 g/mol. The van der Waals surface area contributed by atoms with Crippen molar-refractivity contribution < 1.29 is 23.1 Å². The number of para-hydroxylation sites is 1. The molecule has 27 heavy (non-hydrogen) atoms. The van der Waals surface area contributed by atoms with E-state index < -0.39 is 23.9 Å². The van der Waals surface area contributed by atoms with E-state index in [0.717, 1.165) is 6.07 Å². The van der Waals surface area contributed by atoms with E-state index in [2.05, 4.69) is 10.3 Å². The topological polar surface area (TPSA) is 65.5 Å². The summed E-state index contributed by atoms with van der Waals surface area (Å²) in [6.07, 6.45) is -2.55. The molecule has 0 saturated carbocycles. The Morgan fingerprint density at radius 1 is 1.15 bits per heavy atom. The summed E-state index contributed by atoms with van der Waals surface area (Å²) in [4.78, 5) is 18.0. The van der Waals surface area contributed by atoms with E-state index in [-0.39, 0.29) is 11.6 Å². The molecule has 5 nitrogen and oxygen atoms in total. The van der Waals surface area contributed by atoms with Crippen LogP contribution >= 0.6 is 0 Å². The zero-order valence-electron chi connectivity index (χ0n) is 14.5. The minimum absolute atomic E-state index is 0.0496. The number of amides is 2. The van der Waals surface area contributed by atoms with E-state index in [1.54, 1.807) is 24.4 Å². The number of likely N-dealkylation sites (tertiary alicyclic amines) is 1. The number of aromatic nitrogens is 1. The number of aliphatic hydroxyl groups excluding tert-OH is 1. The summed E-state index contributed by atoms with van der Waals surface area (Å²) in [5, 5.41) is 12.8. The highest BCUT2D eigenvalue weighted by Gasteiger charge is 2.34. The lowest BCUT2D eigenvalue weighted by molar-refractivity contribution is -0.136. The van der Waals surface area contributed by atoms with Crippen LogP contribution in [0.15, 0.2) is 48.7 Å². The number of hydrogen-bond donors (Lipinski definition) is 2. The summed E-state index contributed by atoms with van der Waals surface area (Å²) in [7, 11) is 0. The Morgan fingerprint density at radius 3 is 2.44 bits per heavy atom. The zero-order chi connectivity index (χ0) is 19.4. The van der Waals surface area contributed by atoms with E-state index in [4.69, 9.17) is 0 Å². The summed E-state index contributed by atoms with van der Waals surface area (Å²) in [6, 6.07) is 9.64. The van der Waals surface area contributed by atoms with E-state index in [9.17, 15) is 23.1 Å². The number of rotatable bonds is 3. The van der Waals surface area contributed by atoms with Crippen molar-refractivity contribution in [2.45, 2.75) is 25.1 Å². The van der Waals surface area contributed by atoms with Crippen molar-refractivity contribution in [3.05, 3.63) is 59.9 Å². The highest BCUT2D eigenvalue weighted by atomic mass is 19.4. The molecule has 1 aromatic carbocycles. The second kappa shape index (κ2) is 7.96. The van der Waals surface area contributed by atoms with Crippen molar-refractivity contribution >= 4 is 11.7 Å². The van der Waals surface area contributed by atoms with Crippen LogP contribution in [0.2, 0.25) is 0 Å². The maximum Gasteiger partial charge on any atom is 0.418 e. The predicted molar refractivity (Wildman–Crippen MR) is 94.0 cm³/mol. The number of urea groups is 1. The van der Waals surface area contributed by atoms with Crippen LogP contribution in [0.25, 0.3) is 0 Å². The Morgan fingerprint density at radius 2 is 1.81 bits per heavy atom. The fourth-order valence-corrected chi connectivity index (χ4v) is 3.24. The molecule has 2 aromatic rings. The van der Waals surface area contributed by atoms with Crippen molar-refractivity contribution in [2.75, 3.05) is 18.4 Å². The number of piperidine rings is 1. The molecule has 2 amide bonds. The van der Waals surface area contributed by atoms with Gasteiger partial charge in [-0.15, -0.1) is 0 Å². The smallest absolute Gasteiger partial charge is 0.387 e. The number of halogens is 3. The van der Waals surface area contributed by atoms with Gasteiger partial charge in [-0.1, -0.05) is 18.2 Å². The molecule has 3 rings (SSSR count). The number of nitrogens with zero attached hydrogens (tertiary/aromatic N) is 2. The van der Waals surface area contributed by atoms with Gasteiger partial charge in [0.15, 0.2) is 0 Å². The molecule has 2 N–H and O–H groups in total. The number of hydrogen-bond acceptors (Lipinski definition) is 3. The van der Waals surface area contributed by atoms with Crippen LogP contribution in [0.1, 0.15) is 30.2 Å². The highest BCUT2D eigenvalue weighted by Crippen LogP contribution is 2.35. The molecule has 1 aliphatic heterocycles. The average Bonchev–Trinajstić information content (AvgIpc) is 2.68. The first-order valence-corrected chi connectivity index (χ1v) is 8.67. The summed E-state index contributed by atoms with van der Waals surface area (Å²) >= 11 is 0. The molecule has 1 aliphatic rings. The largest absolute Gasteiger partial charge is 0.418 e. The normalized spacial score (nSPS) is 16.8. The summed E-state index contributed by atoms with van der Waals surface area (Å²) in [5.41, 5.74) is -0.552. The standard InChI is InChI=1S/C19H20F3N3O2/c20-19(21,22)14-5-1-2-6-15(14)24-18(27)25-11-8-13(9-12-25)17(26)16-7-3-4-10-23-16/h1-7,10,13,17,26H,8-9,11-12H2,(H,24,27)/t17-/m0/s1. The van der Waals surface area contributed by atoms with Gasteiger partial charge in [-0.05, 0) is 43.0 Å². The maximum absolute atomic E-state index is 13.0. The Kier molecular flexibility index (Phi) is 5.65. The number of nitrogens with one attached hydrogen (secondary N) is 1. The number of carbonyl (C=O) groups is 1. The quantitative estimate of drug-likeness (QED) is 0.845. The Hall–Kier alpha value is -2.61. The molecule has 2 heterocycles. The molecule has 0 aliphatic carbocycles. The molecule has 0 unspecified atom stereocenters. The van der Waals surface area contributed by atoms with Gasteiger partial charge in [-0.3, -0.25) is 4.98 Å². The maximum atomic E-state index is 13.0. The van der Waals surface area contributed by atoms with E-state index in [0.29, 0.717) is 31.6 Å². The number of anilines is 1. The van der Waals surface area contributed by atoms with Gasteiger partial charge in [-0.2, -0.15) is 13.2 Å². The third-order valence-electron chi connectivity index (χ3n) is 4.74. The van der Waals surface area contributed by atoms with E-state index in [1.165, 1.54) is 23.1 Å². The van der Waals surface area contributed by atoms with Crippen LogP contribution in [-0.4, -0.2) is 34.1 Å². The fraction of sp³-hybridized carbons (Fsp3) is 0.368. The second-order valence-corrected chi connectivity index (χ2v) is 6.50. The molecule has 0 spiro atoms. The number of carbonyl (C=O) groups excluding carboxylic acids is 1. The van der Waals surface area contributed by atoms with Crippen molar-refractivity contribution in [1.29, 1.82) is 0 Å². The van der Waals surface area contributed by atoms with Crippen LogP contribution in [0, 0.1) is 5.92 Å². The lowest BCUT2D eigenvalue weighted by atomic mass is 9.89. The number of alkyl halides is 3. The lowest BCUT2D eigenvalue weighted by Gasteiger charge is -2.34. The van der Waals surface area contributed by atoms with Gasteiger partial charge in [0, 0.05) is 19.3 Å². The van der Waals surface area contributed by atoms with Gasteiger partial charge in [0.2, 0.25) is 0 Å². The van der Waals surface area contributed by atoms with Crippen molar-refractivity contribution in [1.82, 2.24) is 9.88 Å². The molecular weight excluding hydrogens is 359 g/mol. The van der Waals surface area contributed by atoms with Gasteiger partial charge in [-0.25, -0.2) is 4.79 Å². The first kappa shape index (κ1) is 19.2. The van der Waals surface area contributed by atoms with Crippen LogP contribution in [0.3, 0.4) is 0 Å². The van der Waals surface area contributed by atoms with Gasteiger partial charge in [0.25, 0.3) is 0 Å². The molecule has 1 aromatic heterocycles. The van der Waals surface area contributed by atoms with E-state index in [1.807, 2.05) is 0 Å². The van der Waals surface area contributed by atoms with Gasteiger partial charge in [0.1, 0.15) is 0 Å². The molecule has 0 radical (unpaired) electrons. The molecule has 8 heteroatoms. The Balaban J connectivity index is 1.60. The lowest BCUT2D eigenvalue weighted by Crippen LogP contribution is -2.42. The zero-order valence-corrected chi connectivity index (χ0v) is 14.5. The predicted octanol–water partition coefficient (Wildman–Crippen LogP) is 4.08.